The van der Waals surface area contributed by atoms with E-state index in [9.17, 15) is 13.2 Å². The van der Waals surface area contributed by atoms with Crippen LogP contribution in [0.1, 0.15) is 5.56 Å². The standard InChI is InChI=1S/C26H22Cl2N4O5S/c1-36-20-10-8-17-12-18(26(28)30-23(17)14-20)15-29-31-25(33)16-32(19-9-11-24(37-2)22(27)13-19)38(34,35)21-6-4-3-5-7-21/h3-15H,16H2,1-2H3,(H,31,33)/b29-15-. The van der Waals surface area contributed by atoms with E-state index in [-0.39, 0.29) is 20.8 Å². The molecule has 0 saturated carbocycles. The van der Waals surface area contributed by atoms with Crippen LogP contribution in [0.4, 0.5) is 5.69 Å². The molecule has 1 aromatic heterocycles. The number of nitrogens with one attached hydrogen (secondary N) is 1. The molecule has 4 rings (SSSR count). The fourth-order valence-electron chi connectivity index (χ4n) is 3.54. The van der Waals surface area contributed by atoms with Crippen molar-refractivity contribution in [2.24, 2.45) is 5.10 Å². The molecule has 0 aliphatic rings. The number of methoxy groups -OCH3 is 2. The van der Waals surface area contributed by atoms with Crippen LogP contribution in [0.5, 0.6) is 11.5 Å². The highest BCUT2D eigenvalue weighted by atomic mass is 35.5. The van der Waals surface area contributed by atoms with Crippen LogP contribution in [-0.2, 0) is 14.8 Å². The first kappa shape index (κ1) is 27.2. The van der Waals surface area contributed by atoms with Crippen molar-refractivity contribution in [3.05, 3.63) is 88.5 Å². The number of aromatic nitrogens is 1. The highest BCUT2D eigenvalue weighted by molar-refractivity contribution is 7.92. The molecule has 0 aliphatic carbocycles. The summed E-state index contributed by atoms with van der Waals surface area (Å²) in [5.41, 5.74) is 3.62. The summed E-state index contributed by atoms with van der Waals surface area (Å²) >= 11 is 12.5. The van der Waals surface area contributed by atoms with Gasteiger partial charge in [0.15, 0.2) is 0 Å². The number of hydrogen-bond acceptors (Lipinski definition) is 7. The second-order valence-electron chi connectivity index (χ2n) is 7.86. The second kappa shape index (κ2) is 11.7. The number of sulfonamides is 1. The van der Waals surface area contributed by atoms with Gasteiger partial charge in [0.25, 0.3) is 15.9 Å². The number of ether oxygens (including phenoxy) is 2. The maximum Gasteiger partial charge on any atom is 0.264 e. The number of nitrogens with zero attached hydrogens (tertiary/aromatic N) is 3. The van der Waals surface area contributed by atoms with E-state index in [1.807, 2.05) is 6.07 Å². The Bertz CT molecular complexity index is 1620. The van der Waals surface area contributed by atoms with Gasteiger partial charge in [-0.15, -0.1) is 0 Å². The number of benzene rings is 3. The van der Waals surface area contributed by atoms with Crippen molar-refractivity contribution < 1.29 is 22.7 Å². The molecule has 9 nitrogen and oxygen atoms in total. The molecule has 38 heavy (non-hydrogen) atoms. The lowest BCUT2D eigenvalue weighted by Gasteiger charge is -2.24. The molecule has 0 saturated heterocycles. The maximum absolute atomic E-state index is 13.4. The zero-order valence-electron chi connectivity index (χ0n) is 20.3. The zero-order valence-corrected chi connectivity index (χ0v) is 22.6. The summed E-state index contributed by atoms with van der Waals surface area (Å²) in [6.45, 7) is -0.569. The number of hydrazone groups is 1. The maximum atomic E-state index is 13.4. The number of halogens is 2. The van der Waals surface area contributed by atoms with Crippen molar-refractivity contribution in [1.29, 1.82) is 0 Å². The zero-order chi connectivity index (χ0) is 27.3. The van der Waals surface area contributed by atoms with E-state index >= 15 is 0 Å². The third-order valence-electron chi connectivity index (χ3n) is 5.44. The largest absolute Gasteiger partial charge is 0.497 e. The molecule has 0 bridgehead atoms. The molecular weight excluding hydrogens is 551 g/mol. The predicted octanol–water partition coefficient (Wildman–Crippen LogP) is 4.90. The van der Waals surface area contributed by atoms with E-state index in [1.165, 1.54) is 43.7 Å². The third kappa shape index (κ3) is 5.99. The molecule has 196 valence electrons. The molecule has 0 spiro atoms. The Kier molecular flexibility index (Phi) is 8.35. The van der Waals surface area contributed by atoms with Crippen molar-refractivity contribution in [2.45, 2.75) is 4.90 Å². The SMILES string of the molecule is COc1ccc2cc(/C=N\NC(=O)CN(c3ccc(OC)c(Cl)c3)S(=O)(=O)c3ccccc3)c(Cl)nc2c1. The summed E-state index contributed by atoms with van der Waals surface area (Å²) in [6.07, 6.45) is 1.33. The van der Waals surface area contributed by atoms with Crippen LogP contribution in [0.3, 0.4) is 0 Å². The van der Waals surface area contributed by atoms with Gasteiger partial charge in [-0.25, -0.2) is 18.8 Å². The van der Waals surface area contributed by atoms with Crippen molar-refractivity contribution >= 4 is 61.9 Å². The smallest absolute Gasteiger partial charge is 0.264 e. The number of anilines is 1. The minimum Gasteiger partial charge on any atom is -0.497 e. The number of amides is 1. The quantitative estimate of drug-likeness (QED) is 0.173. The number of fused-ring (bicyclic) bond motifs is 1. The van der Waals surface area contributed by atoms with Crippen molar-refractivity contribution in [3.8, 4) is 11.5 Å². The van der Waals surface area contributed by atoms with E-state index in [1.54, 1.807) is 43.5 Å². The summed E-state index contributed by atoms with van der Waals surface area (Å²) in [4.78, 5) is 17.2. The summed E-state index contributed by atoms with van der Waals surface area (Å²) in [5.74, 6) is 0.311. The first-order valence-corrected chi connectivity index (χ1v) is 13.3. The molecule has 12 heteroatoms. The monoisotopic (exact) mass is 572 g/mol. The highest BCUT2D eigenvalue weighted by Crippen LogP contribution is 2.32. The van der Waals surface area contributed by atoms with E-state index in [4.69, 9.17) is 32.7 Å². The van der Waals surface area contributed by atoms with Gasteiger partial charge in [0.2, 0.25) is 0 Å². The lowest BCUT2D eigenvalue weighted by molar-refractivity contribution is -0.119. The Hall–Kier alpha value is -3.86. The number of pyridine rings is 1. The lowest BCUT2D eigenvalue weighted by atomic mass is 10.1. The fraction of sp³-hybridized carbons (Fsp3) is 0.115. The first-order chi connectivity index (χ1) is 18.2. The summed E-state index contributed by atoms with van der Waals surface area (Å²) in [5, 5.41) is 5.10. The Balaban J connectivity index is 1.57. The average Bonchev–Trinajstić information content (AvgIpc) is 2.92. The lowest BCUT2D eigenvalue weighted by Crippen LogP contribution is -2.39. The highest BCUT2D eigenvalue weighted by Gasteiger charge is 2.27. The van der Waals surface area contributed by atoms with Gasteiger partial charge >= 0.3 is 0 Å². The second-order valence-corrected chi connectivity index (χ2v) is 10.5. The number of rotatable bonds is 9. The van der Waals surface area contributed by atoms with Gasteiger partial charge in [0.1, 0.15) is 23.2 Å². The van der Waals surface area contributed by atoms with E-state index in [0.29, 0.717) is 22.6 Å². The Morgan fingerprint density at radius 2 is 1.79 bits per heavy atom. The topological polar surface area (TPSA) is 110 Å². The summed E-state index contributed by atoms with van der Waals surface area (Å²) in [7, 11) is -1.12. The van der Waals surface area contributed by atoms with Crippen LogP contribution in [0.15, 0.2) is 82.8 Å². The van der Waals surface area contributed by atoms with E-state index in [0.717, 1.165) is 9.69 Å². The van der Waals surface area contributed by atoms with Crippen LogP contribution in [0.25, 0.3) is 10.9 Å². The van der Waals surface area contributed by atoms with Gasteiger partial charge in [0.05, 0.1) is 41.6 Å². The van der Waals surface area contributed by atoms with Crippen LogP contribution in [-0.4, -0.2) is 46.3 Å². The van der Waals surface area contributed by atoms with Gasteiger partial charge < -0.3 is 9.47 Å². The molecular formula is C26H22Cl2N4O5S. The first-order valence-electron chi connectivity index (χ1n) is 11.1. The molecule has 1 N–H and O–H groups in total. The molecule has 1 heterocycles. The Labute approximate surface area is 229 Å². The molecule has 0 unspecified atom stereocenters. The Morgan fingerprint density at radius 3 is 2.47 bits per heavy atom. The number of hydrogen-bond donors (Lipinski definition) is 1. The molecule has 0 atom stereocenters. The average molecular weight is 573 g/mol. The molecule has 0 radical (unpaired) electrons. The Morgan fingerprint density at radius 1 is 1.03 bits per heavy atom. The van der Waals surface area contributed by atoms with Gasteiger partial charge in [-0.2, -0.15) is 5.10 Å². The van der Waals surface area contributed by atoms with Crippen molar-refractivity contribution in [2.75, 3.05) is 25.1 Å². The minimum atomic E-state index is -4.12. The van der Waals surface area contributed by atoms with Crippen LogP contribution < -0.4 is 19.2 Å². The van der Waals surface area contributed by atoms with Crippen molar-refractivity contribution in [3.63, 3.8) is 0 Å². The van der Waals surface area contributed by atoms with Gasteiger partial charge in [-0.3, -0.25) is 9.10 Å². The van der Waals surface area contributed by atoms with E-state index < -0.39 is 22.5 Å². The van der Waals surface area contributed by atoms with E-state index in [2.05, 4.69) is 15.5 Å². The summed E-state index contributed by atoms with van der Waals surface area (Å²) in [6, 6.07) is 19.3. The van der Waals surface area contributed by atoms with Gasteiger partial charge in [-0.1, -0.05) is 41.4 Å². The molecule has 3 aromatic carbocycles. The fourth-order valence-corrected chi connectivity index (χ4v) is 5.42. The van der Waals surface area contributed by atoms with Crippen LogP contribution in [0, 0.1) is 0 Å². The van der Waals surface area contributed by atoms with Gasteiger partial charge in [-0.05, 0) is 48.5 Å². The molecule has 4 aromatic rings. The molecule has 0 fully saturated rings. The molecule has 1 amide bonds. The normalized spacial score (nSPS) is 11.5. The molecule has 0 aliphatic heterocycles. The van der Waals surface area contributed by atoms with Gasteiger partial charge in [0, 0.05) is 17.0 Å². The third-order valence-corrected chi connectivity index (χ3v) is 7.83. The van der Waals surface area contributed by atoms with Crippen molar-refractivity contribution in [1.82, 2.24) is 10.4 Å². The number of carbonyl (C=O) groups is 1. The number of carbonyl (C=O) groups excluding carboxylic acids is 1. The minimum absolute atomic E-state index is 0.00823. The van der Waals surface area contributed by atoms with Crippen LogP contribution in [0.2, 0.25) is 10.2 Å². The summed E-state index contributed by atoms with van der Waals surface area (Å²) < 4.78 is 38.2. The van der Waals surface area contributed by atoms with Crippen LogP contribution >= 0.6 is 23.2 Å². The predicted molar refractivity (Wildman–Crippen MR) is 148 cm³/mol.